The molecule has 2 aromatic carbocycles. The minimum Gasteiger partial charge on any atom is -0.494 e. The second-order valence-corrected chi connectivity index (χ2v) is 7.25. The zero-order chi connectivity index (χ0) is 20.2. The summed E-state index contributed by atoms with van der Waals surface area (Å²) in [6.07, 6.45) is 1.68. The largest absolute Gasteiger partial charge is 0.494 e. The number of hydrogen-bond donors (Lipinski definition) is 2. The second kappa shape index (κ2) is 12.0. The Labute approximate surface area is 169 Å². The lowest BCUT2D eigenvalue weighted by atomic mass is 10.2. The number of thioether (sulfide) groups is 1. The summed E-state index contributed by atoms with van der Waals surface area (Å²) in [5, 5.41) is 5.48. The average molecular weight is 405 g/mol. The third-order valence-corrected chi connectivity index (χ3v) is 4.71. The smallest absolute Gasteiger partial charge is 0.234 e. The van der Waals surface area contributed by atoms with Gasteiger partial charge in [-0.2, -0.15) is 0 Å². The van der Waals surface area contributed by atoms with Crippen molar-refractivity contribution in [1.82, 2.24) is 5.32 Å². The number of anilines is 1. The standard InChI is InChI=1S/C21H25FN2O3S/c1-16-4-10-19(11-5-16)27-13-3-2-12-23-20(25)14-28-15-21(26)24-18-8-6-17(22)7-9-18/h4-11H,2-3,12-15H2,1H3,(H,23,25)(H,24,26). The maximum absolute atomic E-state index is 12.8. The van der Waals surface area contributed by atoms with E-state index >= 15 is 0 Å². The number of nitrogens with one attached hydrogen (secondary N) is 2. The minimum atomic E-state index is -0.356. The summed E-state index contributed by atoms with van der Waals surface area (Å²) in [7, 11) is 0. The van der Waals surface area contributed by atoms with E-state index in [2.05, 4.69) is 10.6 Å². The van der Waals surface area contributed by atoms with Gasteiger partial charge < -0.3 is 15.4 Å². The molecule has 28 heavy (non-hydrogen) atoms. The first-order valence-corrected chi connectivity index (χ1v) is 10.3. The van der Waals surface area contributed by atoms with Crippen molar-refractivity contribution < 1.29 is 18.7 Å². The molecule has 0 unspecified atom stereocenters. The van der Waals surface area contributed by atoms with Crippen molar-refractivity contribution in [3.63, 3.8) is 0 Å². The summed E-state index contributed by atoms with van der Waals surface area (Å²) >= 11 is 1.24. The number of carbonyl (C=O) groups excluding carboxylic acids is 2. The summed E-state index contributed by atoms with van der Waals surface area (Å²) in [5.41, 5.74) is 1.73. The SMILES string of the molecule is Cc1ccc(OCCCCNC(=O)CSCC(=O)Nc2ccc(F)cc2)cc1. The number of halogens is 1. The molecular weight excluding hydrogens is 379 g/mol. The van der Waals surface area contributed by atoms with Crippen molar-refractivity contribution in [3.8, 4) is 5.75 Å². The molecule has 0 aliphatic rings. The van der Waals surface area contributed by atoms with Crippen molar-refractivity contribution in [3.05, 3.63) is 59.9 Å². The van der Waals surface area contributed by atoms with Gasteiger partial charge in [0.15, 0.2) is 0 Å². The highest BCUT2D eigenvalue weighted by atomic mass is 32.2. The van der Waals surface area contributed by atoms with E-state index in [1.807, 2.05) is 31.2 Å². The number of unbranched alkanes of at least 4 members (excludes halogenated alkanes) is 1. The van der Waals surface area contributed by atoms with Crippen LogP contribution in [-0.2, 0) is 9.59 Å². The summed E-state index contributed by atoms with van der Waals surface area (Å²) in [6.45, 7) is 3.22. The molecule has 0 saturated heterocycles. The van der Waals surface area contributed by atoms with Gasteiger partial charge in [0.25, 0.3) is 0 Å². The quantitative estimate of drug-likeness (QED) is 0.560. The first-order chi connectivity index (χ1) is 13.5. The zero-order valence-corrected chi connectivity index (χ0v) is 16.7. The van der Waals surface area contributed by atoms with Gasteiger partial charge in [0.1, 0.15) is 11.6 Å². The number of aryl methyl sites for hydroxylation is 1. The molecule has 150 valence electrons. The Morgan fingerprint density at radius 1 is 0.964 bits per heavy atom. The summed E-state index contributed by atoms with van der Waals surface area (Å²) < 4.78 is 18.4. The van der Waals surface area contributed by atoms with Crippen LogP contribution in [0.1, 0.15) is 18.4 Å². The number of ether oxygens (including phenoxy) is 1. The van der Waals surface area contributed by atoms with E-state index in [0.717, 1.165) is 18.6 Å². The fourth-order valence-electron chi connectivity index (χ4n) is 2.30. The molecule has 0 aliphatic heterocycles. The van der Waals surface area contributed by atoms with Gasteiger partial charge in [0.05, 0.1) is 18.1 Å². The van der Waals surface area contributed by atoms with Gasteiger partial charge >= 0.3 is 0 Å². The predicted molar refractivity (Wildman–Crippen MR) is 111 cm³/mol. The van der Waals surface area contributed by atoms with Crippen LogP contribution in [-0.4, -0.2) is 36.5 Å². The van der Waals surface area contributed by atoms with Crippen LogP contribution in [0.4, 0.5) is 10.1 Å². The topological polar surface area (TPSA) is 67.4 Å². The molecule has 0 radical (unpaired) electrons. The lowest BCUT2D eigenvalue weighted by molar-refractivity contribution is -0.118. The van der Waals surface area contributed by atoms with Crippen LogP contribution in [0.5, 0.6) is 5.75 Å². The van der Waals surface area contributed by atoms with Gasteiger partial charge in [0, 0.05) is 12.2 Å². The molecule has 0 saturated carbocycles. The van der Waals surface area contributed by atoms with Gasteiger partial charge in [-0.3, -0.25) is 9.59 Å². The van der Waals surface area contributed by atoms with Gasteiger partial charge in [-0.1, -0.05) is 17.7 Å². The minimum absolute atomic E-state index is 0.0981. The fourth-order valence-corrected chi connectivity index (χ4v) is 2.94. The third kappa shape index (κ3) is 8.90. The van der Waals surface area contributed by atoms with E-state index in [9.17, 15) is 14.0 Å². The number of carbonyl (C=O) groups is 2. The zero-order valence-electron chi connectivity index (χ0n) is 15.9. The molecule has 0 fully saturated rings. The average Bonchev–Trinajstić information content (AvgIpc) is 2.68. The summed E-state index contributed by atoms with van der Waals surface area (Å²) in [5.74, 6) is 0.554. The highest BCUT2D eigenvalue weighted by molar-refractivity contribution is 8.00. The monoisotopic (exact) mass is 404 g/mol. The van der Waals surface area contributed by atoms with Crippen LogP contribution >= 0.6 is 11.8 Å². The van der Waals surface area contributed by atoms with Gasteiger partial charge in [-0.05, 0) is 56.2 Å². The number of hydrogen-bond acceptors (Lipinski definition) is 4. The Balaban J connectivity index is 1.47. The molecule has 2 amide bonds. The number of amides is 2. The van der Waals surface area contributed by atoms with Crippen molar-refractivity contribution in [2.24, 2.45) is 0 Å². The normalized spacial score (nSPS) is 10.4. The Morgan fingerprint density at radius 2 is 1.64 bits per heavy atom. The van der Waals surface area contributed by atoms with Gasteiger partial charge in [0.2, 0.25) is 11.8 Å². The highest BCUT2D eigenvalue weighted by Gasteiger charge is 2.06. The van der Waals surface area contributed by atoms with Crippen molar-refractivity contribution in [2.45, 2.75) is 19.8 Å². The maximum atomic E-state index is 12.8. The lowest BCUT2D eigenvalue weighted by Gasteiger charge is -2.08. The molecule has 0 heterocycles. The molecule has 0 atom stereocenters. The van der Waals surface area contributed by atoms with E-state index in [-0.39, 0.29) is 29.1 Å². The molecule has 7 heteroatoms. The Kier molecular flexibility index (Phi) is 9.34. The van der Waals surface area contributed by atoms with Crippen LogP contribution in [0, 0.1) is 12.7 Å². The summed E-state index contributed by atoms with van der Waals surface area (Å²) in [4.78, 5) is 23.5. The summed E-state index contributed by atoms with van der Waals surface area (Å²) in [6, 6.07) is 13.5. The van der Waals surface area contributed by atoms with Crippen molar-refractivity contribution in [2.75, 3.05) is 30.0 Å². The molecule has 2 N–H and O–H groups in total. The maximum Gasteiger partial charge on any atom is 0.234 e. The van der Waals surface area contributed by atoms with E-state index in [0.29, 0.717) is 18.8 Å². The second-order valence-electron chi connectivity index (χ2n) is 6.27. The first kappa shape index (κ1) is 21.8. The van der Waals surface area contributed by atoms with Crippen LogP contribution < -0.4 is 15.4 Å². The number of benzene rings is 2. The Hall–Kier alpha value is -2.54. The predicted octanol–water partition coefficient (Wildman–Crippen LogP) is 3.78. The Morgan fingerprint density at radius 3 is 2.36 bits per heavy atom. The van der Waals surface area contributed by atoms with E-state index in [4.69, 9.17) is 4.74 Å². The molecular formula is C21H25FN2O3S. The van der Waals surface area contributed by atoms with Crippen molar-refractivity contribution in [1.29, 1.82) is 0 Å². The van der Waals surface area contributed by atoms with E-state index in [1.165, 1.54) is 41.6 Å². The van der Waals surface area contributed by atoms with E-state index < -0.39 is 0 Å². The lowest BCUT2D eigenvalue weighted by Crippen LogP contribution is -2.27. The van der Waals surface area contributed by atoms with Crippen LogP contribution in [0.2, 0.25) is 0 Å². The molecule has 5 nitrogen and oxygen atoms in total. The molecule has 0 aromatic heterocycles. The molecule has 0 bridgehead atoms. The molecule has 0 aliphatic carbocycles. The van der Waals surface area contributed by atoms with Crippen LogP contribution in [0.3, 0.4) is 0 Å². The van der Waals surface area contributed by atoms with Crippen LogP contribution in [0.25, 0.3) is 0 Å². The van der Waals surface area contributed by atoms with E-state index in [1.54, 1.807) is 0 Å². The van der Waals surface area contributed by atoms with Crippen molar-refractivity contribution >= 4 is 29.3 Å². The number of rotatable bonds is 11. The van der Waals surface area contributed by atoms with Crippen LogP contribution in [0.15, 0.2) is 48.5 Å². The highest BCUT2D eigenvalue weighted by Crippen LogP contribution is 2.12. The van der Waals surface area contributed by atoms with Gasteiger partial charge in [-0.25, -0.2) is 4.39 Å². The Bertz CT molecular complexity index is 751. The third-order valence-electron chi connectivity index (χ3n) is 3.78. The molecule has 0 spiro atoms. The first-order valence-electron chi connectivity index (χ1n) is 9.12. The fraction of sp³-hybridized carbons (Fsp3) is 0.333. The molecule has 2 aromatic rings. The molecule has 2 rings (SSSR count). The van der Waals surface area contributed by atoms with Gasteiger partial charge in [-0.15, -0.1) is 11.8 Å².